The average molecular weight is 364 g/mol. The van der Waals surface area contributed by atoms with Crippen molar-refractivity contribution in [3.05, 3.63) is 22.2 Å². The number of nitrogens with zero attached hydrogens (tertiary/aromatic N) is 1. The molecule has 1 aromatic rings. The normalized spacial score (nSPS) is 25.4. The number of ether oxygens (including phenoxy) is 2. The number of fused-ring (bicyclic) bond motifs is 1. The van der Waals surface area contributed by atoms with E-state index in [0.29, 0.717) is 25.2 Å². The van der Waals surface area contributed by atoms with Crippen molar-refractivity contribution in [2.75, 3.05) is 26.3 Å². The Kier molecular flexibility index (Phi) is 5.18. The van der Waals surface area contributed by atoms with Crippen LogP contribution in [0.1, 0.15) is 12.5 Å². The molecule has 0 aliphatic carbocycles. The van der Waals surface area contributed by atoms with Crippen LogP contribution in [0.25, 0.3) is 0 Å². The van der Waals surface area contributed by atoms with E-state index in [1.165, 1.54) is 5.56 Å². The van der Waals surface area contributed by atoms with Crippen molar-refractivity contribution in [2.45, 2.75) is 19.5 Å². The first kappa shape index (κ1) is 15.9. The number of benzene rings is 1. The Bertz CT molecular complexity index is 476. The van der Waals surface area contributed by atoms with E-state index in [2.05, 4.69) is 39.9 Å². The number of nitrogens with two attached hydrogens (primary N) is 1. The lowest BCUT2D eigenvalue weighted by Crippen LogP contribution is -2.28. The highest BCUT2D eigenvalue weighted by Gasteiger charge is 2.27. The lowest BCUT2D eigenvalue weighted by atomic mass is 10.1. The second kappa shape index (κ2) is 6.52. The van der Waals surface area contributed by atoms with Crippen LogP contribution < -0.4 is 15.2 Å². The molecule has 2 aliphatic rings. The molecule has 0 saturated carbocycles. The number of rotatable bonds is 2. The zero-order valence-corrected chi connectivity index (χ0v) is 13.9. The zero-order valence-electron chi connectivity index (χ0n) is 11.5. The third-order valence-electron chi connectivity index (χ3n) is 3.81. The topological polar surface area (TPSA) is 47.7 Å². The van der Waals surface area contributed by atoms with Gasteiger partial charge in [-0.1, -0.05) is 6.92 Å². The van der Waals surface area contributed by atoms with Crippen molar-refractivity contribution < 1.29 is 9.47 Å². The van der Waals surface area contributed by atoms with Gasteiger partial charge in [-0.15, -0.1) is 12.4 Å². The molecule has 0 aromatic heterocycles. The van der Waals surface area contributed by atoms with Gasteiger partial charge in [-0.3, -0.25) is 4.90 Å². The summed E-state index contributed by atoms with van der Waals surface area (Å²) in [5.41, 5.74) is 7.30. The average Bonchev–Trinajstić information content (AvgIpc) is 2.68. The fourth-order valence-corrected chi connectivity index (χ4v) is 3.34. The summed E-state index contributed by atoms with van der Waals surface area (Å²) in [5, 5.41) is 0. The largest absolute Gasteiger partial charge is 0.486 e. The van der Waals surface area contributed by atoms with Crippen LogP contribution >= 0.6 is 28.3 Å². The van der Waals surface area contributed by atoms with Gasteiger partial charge in [0.15, 0.2) is 11.5 Å². The molecular weight excluding hydrogens is 344 g/mol. The maximum absolute atomic E-state index is 6.07. The maximum Gasteiger partial charge on any atom is 0.175 e. The molecule has 2 unspecified atom stereocenters. The van der Waals surface area contributed by atoms with Crippen molar-refractivity contribution >= 4 is 28.3 Å². The molecular formula is C14H20BrClN2O2. The second-order valence-electron chi connectivity index (χ2n) is 5.44. The Morgan fingerprint density at radius 1 is 1.30 bits per heavy atom. The molecule has 2 aliphatic heterocycles. The van der Waals surface area contributed by atoms with E-state index >= 15 is 0 Å². The molecule has 20 heavy (non-hydrogen) atoms. The first-order chi connectivity index (χ1) is 9.13. The third kappa shape index (κ3) is 3.22. The van der Waals surface area contributed by atoms with Gasteiger partial charge in [0.05, 0.1) is 4.47 Å². The highest BCUT2D eigenvalue weighted by Crippen LogP contribution is 2.39. The summed E-state index contributed by atoms with van der Waals surface area (Å²) in [7, 11) is 0. The third-order valence-corrected chi connectivity index (χ3v) is 4.40. The van der Waals surface area contributed by atoms with Gasteiger partial charge < -0.3 is 15.2 Å². The zero-order chi connectivity index (χ0) is 13.4. The van der Waals surface area contributed by atoms with E-state index < -0.39 is 0 Å². The highest BCUT2D eigenvalue weighted by atomic mass is 79.9. The van der Waals surface area contributed by atoms with Gasteiger partial charge in [-0.25, -0.2) is 0 Å². The summed E-state index contributed by atoms with van der Waals surface area (Å²) >= 11 is 3.56. The molecule has 0 spiro atoms. The van der Waals surface area contributed by atoms with E-state index in [4.69, 9.17) is 15.2 Å². The van der Waals surface area contributed by atoms with Crippen LogP contribution in [0.2, 0.25) is 0 Å². The fourth-order valence-electron chi connectivity index (χ4n) is 2.74. The summed E-state index contributed by atoms with van der Waals surface area (Å²) in [5.74, 6) is 2.23. The minimum atomic E-state index is 0. The van der Waals surface area contributed by atoms with E-state index in [9.17, 15) is 0 Å². The number of likely N-dealkylation sites (tertiary alicyclic amines) is 1. The Morgan fingerprint density at radius 3 is 2.75 bits per heavy atom. The first-order valence-corrected chi connectivity index (χ1v) is 7.49. The van der Waals surface area contributed by atoms with Crippen LogP contribution in [-0.2, 0) is 6.54 Å². The summed E-state index contributed by atoms with van der Waals surface area (Å²) < 4.78 is 12.2. The van der Waals surface area contributed by atoms with Gasteiger partial charge in [0, 0.05) is 25.7 Å². The summed E-state index contributed by atoms with van der Waals surface area (Å²) in [6, 6.07) is 4.48. The molecule has 0 bridgehead atoms. The molecule has 0 amide bonds. The van der Waals surface area contributed by atoms with Gasteiger partial charge in [-0.2, -0.15) is 0 Å². The van der Waals surface area contributed by atoms with Gasteiger partial charge in [0.1, 0.15) is 13.2 Å². The lowest BCUT2D eigenvalue weighted by molar-refractivity contribution is 0.170. The molecule has 2 atom stereocenters. The van der Waals surface area contributed by atoms with Crippen molar-refractivity contribution in [3.63, 3.8) is 0 Å². The van der Waals surface area contributed by atoms with Crippen LogP contribution in [0.4, 0.5) is 0 Å². The van der Waals surface area contributed by atoms with Gasteiger partial charge in [0.25, 0.3) is 0 Å². The van der Waals surface area contributed by atoms with Crippen molar-refractivity contribution in [1.82, 2.24) is 4.90 Å². The molecule has 1 saturated heterocycles. The number of hydrogen-bond donors (Lipinski definition) is 1. The number of hydrogen-bond acceptors (Lipinski definition) is 4. The first-order valence-electron chi connectivity index (χ1n) is 6.69. The maximum atomic E-state index is 6.07. The quantitative estimate of drug-likeness (QED) is 0.876. The summed E-state index contributed by atoms with van der Waals surface area (Å²) in [6.45, 7) is 6.39. The predicted molar refractivity (Wildman–Crippen MR) is 84.8 cm³/mol. The number of halogens is 2. The Labute approximate surface area is 134 Å². The SMILES string of the molecule is CC1CN(Cc2cc(Br)c3c(c2)OCCO3)CC1N.Cl. The molecule has 2 N–H and O–H groups in total. The molecule has 112 valence electrons. The van der Waals surface area contributed by atoms with Crippen molar-refractivity contribution in [1.29, 1.82) is 0 Å². The minimum Gasteiger partial charge on any atom is -0.486 e. The van der Waals surface area contributed by atoms with Crippen LogP contribution in [0.15, 0.2) is 16.6 Å². The monoisotopic (exact) mass is 362 g/mol. The molecule has 1 aromatic carbocycles. The van der Waals surface area contributed by atoms with Crippen LogP contribution in [0, 0.1) is 5.92 Å². The van der Waals surface area contributed by atoms with E-state index in [-0.39, 0.29) is 12.4 Å². The highest BCUT2D eigenvalue weighted by molar-refractivity contribution is 9.10. The summed E-state index contributed by atoms with van der Waals surface area (Å²) in [4.78, 5) is 2.40. The van der Waals surface area contributed by atoms with Gasteiger partial charge in [-0.05, 0) is 39.5 Å². The Morgan fingerprint density at radius 2 is 2.05 bits per heavy atom. The standard InChI is InChI=1S/C14H19BrN2O2.ClH/c1-9-6-17(8-12(9)16)7-10-4-11(15)14-13(5-10)18-2-3-19-14;/h4-5,9,12H,2-3,6-8,16H2,1H3;1H. The molecule has 2 heterocycles. The van der Waals surface area contributed by atoms with E-state index in [0.717, 1.165) is 35.6 Å². The Hall–Kier alpha value is -0.490. The van der Waals surface area contributed by atoms with Crippen molar-refractivity contribution in [2.24, 2.45) is 11.7 Å². The molecule has 3 rings (SSSR count). The van der Waals surface area contributed by atoms with Crippen molar-refractivity contribution in [3.8, 4) is 11.5 Å². The molecule has 0 radical (unpaired) electrons. The predicted octanol–water partition coefficient (Wildman–Crippen LogP) is 2.42. The molecule has 4 nitrogen and oxygen atoms in total. The van der Waals surface area contributed by atoms with Crippen LogP contribution in [0.3, 0.4) is 0 Å². The minimum absolute atomic E-state index is 0. The van der Waals surface area contributed by atoms with Crippen LogP contribution in [-0.4, -0.2) is 37.2 Å². The van der Waals surface area contributed by atoms with Gasteiger partial charge >= 0.3 is 0 Å². The lowest BCUT2D eigenvalue weighted by Gasteiger charge is -2.22. The molecule has 6 heteroatoms. The van der Waals surface area contributed by atoms with Gasteiger partial charge in [0.2, 0.25) is 0 Å². The summed E-state index contributed by atoms with van der Waals surface area (Å²) in [6.07, 6.45) is 0. The van der Waals surface area contributed by atoms with E-state index in [1.54, 1.807) is 0 Å². The second-order valence-corrected chi connectivity index (χ2v) is 6.29. The fraction of sp³-hybridized carbons (Fsp3) is 0.571. The van der Waals surface area contributed by atoms with Crippen LogP contribution in [0.5, 0.6) is 11.5 Å². The smallest absolute Gasteiger partial charge is 0.175 e. The van der Waals surface area contributed by atoms with E-state index in [1.807, 2.05) is 0 Å². The Balaban J connectivity index is 0.00000147. The molecule has 1 fully saturated rings.